The largest absolute Gasteiger partial charge is 0.387 e. The second-order valence-corrected chi connectivity index (χ2v) is 5.45. The number of aliphatic hydroxyl groups is 1. The summed E-state index contributed by atoms with van der Waals surface area (Å²) in [4.78, 5) is 2.47. The minimum Gasteiger partial charge on any atom is -0.387 e. The fraction of sp³-hybridized carbons (Fsp3) is 0.625. The van der Waals surface area contributed by atoms with E-state index in [1.165, 1.54) is 18.4 Å². The first-order chi connectivity index (χ1) is 8.72. The molecule has 1 fully saturated rings. The van der Waals surface area contributed by atoms with Crippen molar-refractivity contribution in [3.63, 3.8) is 0 Å². The van der Waals surface area contributed by atoms with Crippen molar-refractivity contribution >= 4 is 12.4 Å². The summed E-state index contributed by atoms with van der Waals surface area (Å²) in [6.07, 6.45) is 4.42. The Morgan fingerprint density at radius 1 is 1.16 bits per heavy atom. The third-order valence-corrected chi connectivity index (χ3v) is 3.98. The molecule has 3 heteroatoms. The molecule has 0 aliphatic carbocycles. The van der Waals surface area contributed by atoms with E-state index in [4.69, 9.17) is 0 Å². The maximum atomic E-state index is 10.6. The van der Waals surface area contributed by atoms with Gasteiger partial charge in [0.25, 0.3) is 0 Å². The van der Waals surface area contributed by atoms with E-state index in [0.29, 0.717) is 6.04 Å². The van der Waals surface area contributed by atoms with Crippen molar-refractivity contribution in [1.29, 1.82) is 0 Å². The highest BCUT2D eigenvalue weighted by molar-refractivity contribution is 5.85. The number of halogens is 1. The zero-order valence-corrected chi connectivity index (χ0v) is 12.8. The number of hydrogen-bond donors (Lipinski definition) is 1. The van der Waals surface area contributed by atoms with E-state index in [2.05, 4.69) is 43.0 Å². The van der Waals surface area contributed by atoms with E-state index in [0.717, 1.165) is 31.5 Å². The molecule has 2 rings (SSSR count). The molecule has 2 atom stereocenters. The molecule has 0 radical (unpaired) electrons. The van der Waals surface area contributed by atoms with Crippen molar-refractivity contribution in [2.45, 2.75) is 51.7 Å². The smallest absolute Gasteiger partial charge is 0.0945 e. The number of likely N-dealkylation sites (tertiary alicyclic amines) is 1. The van der Waals surface area contributed by atoms with Gasteiger partial charge in [-0.2, -0.15) is 0 Å². The molecule has 1 saturated heterocycles. The zero-order chi connectivity index (χ0) is 13.0. The van der Waals surface area contributed by atoms with Gasteiger partial charge in [-0.1, -0.05) is 43.2 Å². The van der Waals surface area contributed by atoms with E-state index >= 15 is 0 Å². The lowest BCUT2D eigenvalue weighted by Gasteiger charge is -2.31. The number of hydrogen-bond acceptors (Lipinski definition) is 2. The lowest BCUT2D eigenvalue weighted by atomic mass is 9.97. The fourth-order valence-electron chi connectivity index (χ4n) is 2.89. The molecule has 0 saturated carbocycles. The van der Waals surface area contributed by atoms with Crippen LogP contribution in [0.3, 0.4) is 0 Å². The lowest BCUT2D eigenvalue weighted by molar-refractivity contribution is 0.0558. The average Bonchev–Trinajstić information content (AvgIpc) is 2.90. The molecule has 2 unspecified atom stereocenters. The minimum absolute atomic E-state index is 0. The van der Waals surface area contributed by atoms with Crippen LogP contribution in [0, 0.1) is 6.92 Å². The van der Waals surface area contributed by atoms with Crippen molar-refractivity contribution in [3.8, 4) is 0 Å². The van der Waals surface area contributed by atoms with Crippen molar-refractivity contribution in [2.75, 3.05) is 13.1 Å². The molecule has 2 nitrogen and oxygen atoms in total. The molecule has 0 bridgehead atoms. The molecule has 0 amide bonds. The maximum Gasteiger partial charge on any atom is 0.0945 e. The molecule has 1 aromatic carbocycles. The molecule has 108 valence electrons. The third-order valence-electron chi connectivity index (χ3n) is 3.98. The Hall–Kier alpha value is -0.570. The molecule has 0 aromatic heterocycles. The van der Waals surface area contributed by atoms with E-state index in [1.54, 1.807) is 0 Å². The normalized spacial score (nSPS) is 18.9. The quantitative estimate of drug-likeness (QED) is 0.890. The van der Waals surface area contributed by atoms with Gasteiger partial charge in [-0.05, 0) is 44.8 Å². The van der Waals surface area contributed by atoms with Crippen molar-refractivity contribution in [3.05, 3.63) is 35.4 Å². The zero-order valence-electron chi connectivity index (χ0n) is 12.0. The second kappa shape index (κ2) is 7.88. The minimum atomic E-state index is -0.344. The highest BCUT2D eigenvalue weighted by Crippen LogP contribution is 2.27. The van der Waals surface area contributed by atoms with Gasteiger partial charge >= 0.3 is 0 Å². The highest BCUT2D eigenvalue weighted by atomic mass is 35.5. The molecule has 1 N–H and O–H groups in total. The van der Waals surface area contributed by atoms with Crippen LogP contribution < -0.4 is 0 Å². The fourth-order valence-corrected chi connectivity index (χ4v) is 2.89. The molecule has 1 aromatic rings. The summed E-state index contributed by atoms with van der Waals surface area (Å²) in [5.74, 6) is 0. The van der Waals surface area contributed by atoms with E-state index in [1.807, 2.05) is 0 Å². The summed E-state index contributed by atoms with van der Waals surface area (Å²) in [7, 11) is 0. The van der Waals surface area contributed by atoms with Crippen molar-refractivity contribution in [2.24, 2.45) is 0 Å². The SMILES string of the molecule is CCCC(C(O)c1ccc(C)cc1)N1CCCC1.Cl. The van der Waals surface area contributed by atoms with Crippen molar-refractivity contribution in [1.82, 2.24) is 4.90 Å². The highest BCUT2D eigenvalue weighted by Gasteiger charge is 2.28. The van der Waals surface area contributed by atoms with Gasteiger partial charge in [0.2, 0.25) is 0 Å². The monoisotopic (exact) mass is 283 g/mol. The van der Waals surface area contributed by atoms with Gasteiger partial charge in [0.1, 0.15) is 0 Å². The molecular formula is C16H26ClNO. The predicted octanol–water partition coefficient (Wildman–Crippen LogP) is 3.71. The van der Waals surface area contributed by atoms with Crippen molar-refractivity contribution < 1.29 is 5.11 Å². The Morgan fingerprint density at radius 3 is 2.26 bits per heavy atom. The molecule has 1 aliphatic heterocycles. The molecular weight excluding hydrogens is 258 g/mol. The first kappa shape index (κ1) is 16.5. The summed E-state index contributed by atoms with van der Waals surface area (Å²) in [6, 6.07) is 8.61. The number of benzene rings is 1. The van der Waals surface area contributed by atoms with Gasteiger partial charge in [0.05, 0.1) is 6.10 Å². The predicted molar refractivity (Wildman–Crippen MR) is 82.9 cm³/mol. The number of rotatable bonds is 5. The van der Waals surface area contributed by atoms with Crippen LogP contribution in [0.1, 0.15) is 49.8 Å². The average molecular weight is 284 g/mol. The Labute approximate surface area is 123 Å². The van der Waals surface area contributed by atoms with E-state index in [-0.39, 0.29) is 18.5 Å². The molecule has 1 heterocycles. The van der Waals surface area contributed by atoms with Crippen LogP contribution >= 0.6 is 12.4 Å². The molecule has 1 aliphatic rings. The van der Waals surface area contributed by atoms with Crippen LogP contribution in [0.4, 0.5) is 0 Å². The molecule has 0 spiro atoms. The van der Waals surface area contributed by atoms with Crippen LogP contribution in [0.15, 0.2) is 24.3 Å². The Bertz CT molecular complexity index is 360. The van der Waals surface area contributed by atoms with Gasteiger partial charge in [0, 0.05) is 6.04 Å². The van der Waals surface area contributed by atoms with Gasteiger partial charge in [0.15, 0.2) is 0 Å². The maximum absolute atomic E-state index is 10.6. The standard InChI is InChI=1S/C16H25NO.ClH/c1-3-6-15(17-11-4-5-12-17)16(18)14-9-7-13(2)8-10-14;/h7-10,15-16,18H,3-6,11-12H2,1-2H3;1H. The topological polar surface area (TPSA) is 23.5 Å². The second-order valence-electron chi connectivity index (χ2n) is 5.45. The summed E-state index contributed by atoms with van der Waals surface area (Å²) in [5, 5.41) is 10.6. The Kier molecular flexibility index (Phi) is 6.84. The summed E-state index contributed by atoms with van der Waals surface area (Å²) in [5.41, 5.74) is 2.31. The third kappa shape index (κ3) is 4.20. The van der Waals surface area contributed by atoms with Gasteiger partial charge in [-0.3, -0.25) is 4.90 Å². The van der Waals surface area contributed by atoms with Crippen LogP contribution in [0.25, 0.3) is 0 Å². The summed E-state index contributed by atoms with van der Waals surface area (Å²) < 4.78 is 0. The summed E-state index contributed by atoms with van der Waals surface area (Å²) in [6.45, 7) is 6.58. The van der Waals surface area contributed by atoms with Gasteiger partial charge in [-0.25, -0.2) is 0 Å². The summed E-state index contributed by atoms with van der Waals surface area (Å²) >= 11 is 0. The van der Waals surface area contributed by atoms with Gasteiger partial charge in [-0.15, -0.1) is 12.4 Å². The lowest BCUT2D eigenvalue weighted by Crippen LogP contribution is -2.37. The number of aryl methyl sites for hydroxylation is 1. The van der Waals surface area contributed by atoms with Crippen LogP contribution in [0.5, 0.6) is 0 Å². The van der Waals surface area contributed by atoms with Crippen LogP contribution in [-0.2, 0) is 0 Å². The van der Waals surface area contributed by atoms with E-state index in [9.17, 15) is 5.11 Å². The Balaban J connectivity index is 0.00000180. The first-order valence-corrected chi connectivity index (χ1v) is 7.21. The Morgan fingerprint density at radius 2 is 1.74 bits per heavy atom. The number of aliphatic hydroxyl groups excluding tert-OH is 1. The van der Waals surface area contributed by atoms with Gasteiger partial charge < -0.3 is 5.11 Å². The van der Waals surface area contributed by atoms with Crippen LogP contribution in [0.2, 0.25) is 0 Å². The number of nitrogens with zero attached hydrogens (tertiary/aromatic N) is 1. The van der Waals surface area contributed by atoms with E-state index < -0.39 is 0 Å². The first-order valence-electron chi connectivity index (χ1n) is 7.21. The van der Waals surface area contributed by atoms with Crippen LogP contribution in [-0.4, -0.2) is 29.1 Å². The molecule has 19 heavy (non-hydrogen) atoms.